The Morgan fingerprint density at radius 1 is 1.21 bits per heavy atom. The van der Waals surface area contributed by atoms with Gasteiger partial charge in [-0.15, -0.1) is 0 Å². The summed E-state index contributed by atoms with van der Waals surface area (Å²) in [6.07, 6.45) is 1.18. The lowest BCUT2D eigenvalue weighted by Gasteiger charge is -2.17. The number of rotatable bonds is 4. The van der Waals surface area contributed by atoms with Crippen molar-refractivity contribution in [3.63, 3.8) is 0 Å². The highest BCUT2D eigenvalue weighted by atomic mass is 16.5. The molecule has 2 aromatic rings. The van der Waals surface area contributed by atoms with Crippen LogP contribution in [0.4, 0.5) is 5.69 Å². The van der Waals surface area contributed by atoms with Crippen molar-refractivity contribution in [2.75, 3.05) is 19.0 Å². The molecule has 0 aliphatic carbocycles. The molecule has 0 fully saturated rings. The van der Waals surface area contributed by atoms with Crippen LogP contribution < -0.4 is 4.90 Å². The number of benzene rings is 2. The summed E-state index contributed by atoms with van der Waals surface area (Å²) in [7, 11) is 4.03. The fourth-order valence-corrected chi connectivity index (χ4v) is 2.07. The van der Waals surface area contributed by atoms with Crippen LogP contribution >= 0.6 is 0 Å². The third-order valence-corrected chi connectivity index (χ3v) is 3.01. The van der Waals surface area contributed by atoms with Gasteiger partial charge in [-0.05, 0) is 17.0 Å². The molecule has 0 unspecified atom stereocenters. The van der Waals surface area contributed by atoms with Crippen molar-refractivity contribution in [2.45, 2.75) is 6.61 Å². The Bertz CT molecular complexity index is 617. The lowest BCUT2D eigenvalue weighted by atomic mass is 10.0. The molecule has 98 valence electrons. The summed E-state index contributed by atoms with van der Waals surface area (Å²) in [6, 6.07) is 12.1. The van der Waals surface area contributed by atoms with Crippen LogP contribution in [0.25, 0.3) is 10.8 Å². The average Bonchev–Trinajstić information content (AvgIpc) is 2.43. The second-order valence-corrected chi connectivity index (χ2v) is 4.50. The average molecular weight is 255 g/mol. The van der Waals surface area contributed by atoms with Crippen molar-refractivity contribution in [3.8, 4) is 0 Å². The molecule has 0 aliphatic rings. The zero-order valence-electron chi connectivity index (χ0n) is 11.2. The predicted octanol–water partition coefficient (Wildman–Crippen LogP) is 3.14. The molecule has 0 N–H and O–H groups in total. The number of anilines is 1. The van der Waals surface area contributed by atoms with Crippen LogP contribution in [0.3, 0.4) is 0 Å². The molecule has 19 heavy (non-hydrogen) atoms. The topological polar surface area (TPSA) is 29.5 Å². The second kappa shape index (κ2) is 5.57. The summed E-state index contributed by atoms with van der Waals surface area (Å²) in [5.41, 5.74) is 2.14. The van der Waals surface area contributed by atoms with Gasteiger partial charge in [0, 0.05) is 31.2 Å². The molecular weight excluding hydrogens is 238 g/mol. The summed E-state index contributed by atoms with van der Waals surface area (Å²) in [6.45, 7) is 3.65. The van der Waals surface area contributed by atoms with E-state index in [0.717, 1.165) is 22.0 Å². The molecule has 2 rings (SSSR count). The molecule has 0 saturated carbocycles. The number of hydrogen-bond acceptors (Lipinski definition) is 3. The van der Waals surface area contributed by atoms with Gasteiger partial charge < -0.3 is 9.64 Å². The largest absolute Gasteiger partial charge is 0.458 e. The summed E-state index contributed by atoms with van der Waals surface area (Å²) in [4.78, 5) is 13.2. The predicted molar refractivity (Wildman–Crippen MR) is 78.3 cm³/mol. The molecule has 3 nitrogen and oxygen atoms in total. The number of ether oxygens (including phenoxy) is 1. The van der Waals surface area contributed by atoms with E-state index in [0.29, 0.717) is 0 Å². The summed E-state index contributed by atoms with van der Waals surface area (Å²) >= 11 is 0. The summed E-state index contributed by atoms with van der Waals surface area (Å²) < 4.78 is 5.12. The van der Waals surface area contributed by atoms with Crippen LogP contribution in [0, 0.1) is 0 Å². The van der Waals surface area contributed by atoms with Crippen LogP contribution in [0.1, 0.15) is 5.56 Å². The Morgan fingerprint density at radius 2 is 1.89 bits per heavy atom. The van der Waals surface area contributed by atoms with Crippen molar-refractivity contribution in [3.05, 3.63) is 54.6 Å². The molecule has 0 atom stereocenters. The van der Waals surface area contributed by atoms with Crippen molar-refractivity contribution in [1.29, 1.82) is 0 Å². The van der Waals surface area contributed by atoms with Gasteiger partial charge in [0.2, 0.25) is 0 Å². The fraction of sp³-hybridized carbons (Fsp3) is 0.188. The Balaban J connectivity index is 2.43. The molecule has 0 saturated heterocycles. The van der Waals surface area contributed by atoms with E-state index in [4.69, 9.17) is 4.74 Å². The quantitative estimate of drug-likeness (QED) is 0.621. The zero-order valence-corrected chi connectivity index (χ0v) is 11.2. The van der Waals surface area contributed by atoms with Crippen molar-refractivity contribution < 1.29 is 9.53 Å². The monoisotopic (exact) mass is 255 g/mol. The fourth-order valence-electron chi connectivity index (χ4n) is 2.07. The van der Waals surface area contributed by atoms with Gasteiger partial charge >= 0.3 is 5.97 Å². The normalized spacial score (nSPS) is 10.2. The van der Waals surface area contributed by atoms with Gasteiger partial charge in [0.15, 0.2) is 0 Å². The van der Waals surface area contributed by atoms with Crippen molar-refractivity contribution in [2.24, 2.45) is 0 Å². The van der Waals surface area contributed by atoms with Crippen LogP contribution in [0.2, 0.25) is 0 Å². The molecule has 0 radical (unpaired) electrons. The molecule has 0 bridgehead atoms. The number of carbonyl (C=O) groups is 1. The minimum atomic E-state index is -0.402. The molecule has 2 aromatic carbocycles. The molecule has 0 aliphatic heterocycles. The third-order valence-electron chi connectivity index (χ3n) is 3.01. The Kier molecular flexibility index (Phi) is 3.85. The highest BCUT2D eigenvalue weighted by Gasteiger charge is 2.08. The molecule has 0 amide bonds. The first-order valence-corrected chi connectivity index (χ1v) is 6.10. The van der Waals surface area contributed by atoms with E-state index in [2.05, 4.69) is 17.5 Å². The van der Waals surface area contributed by atoms with Gasteiger partial charge in [0.1, 0.15) is 6.61 Å². The van der Waals surface area contributed by atoms with Crippen molar-refractivity contribution >= 4 is 22.4 Å². The van der Waals surface area contributed by atoms with Gasteiger partial charge in [-0.2, -0.15) is 0 Å². The van der Waals surface area contributed by atoms with Gasteiger partial charge in [-0.1, -0.05) is 36.9 Å². The van der Waals surface area contributed by atoms with Crippen LogP contribution in [0.15, 0.2) is 49.1 Å². The van der Waals surface area contributed by atoms with Gasteiger partial charge in [-0.25, -0.2) is 4.79 Å². The maximum atomic E-state index is 11.1. The molecular formula is C16H17NO2. The number of nitrogens with zero attached hydrogens (tertiary/aromatic N) is 1. The lowest BCUT2D eigenvalue weighted by molar-refractivity contribution is -0.138. The Morgan fingerprint density at radius 3 is 2.53 bits per heavy atom. The maximum Gasteiger partial charge on any atom is 0.330 e. The molecule has 0 aromatic heterocycles. The van der Waals surface area contributed by atoms with Crippen LogP contribution in [-0.4, -0.2) is 20.1 Å². The Hall–Kier alpha value is -2.29. The first kappa shape index (κ1) is 13.1. The number of esters is 1. The lowest BCUT2D eigenvalue weighted by Crippen LogP contribution is -2.09. The maximum absolute atomic E-state index is 11.1. The van der Waals surface area contributed by atoms with E-state index in [1.165, 1.54) is 6.08 Å². The second-order valence-electron chi connectivity index (χ2n) is 4.50. The highest BCUT2D eigenvalue weighted by Crippen LogP contribution is 2.28. The molecule has 0 spiro atoms. The summed E-state index contributed by atoms with van der Waals surface area (Å²) in [5, 5.41) is 2.25. The smallest absolute Gasteiger partial charge is 0.330 e. The number of fused-ring (bicyclic) bond motifs is 1. The van der Waals surface area contributed by atoms with E-state index < -0.39 is 5.97 Å². The van der Waals surface area contributed by atoms with Crippen LogP contribution in [0.5, 0.6) is 0 Å². The minimum absolute atomic E-state index is 0.263. The van der Waals surface area contributed by atoms with Gasteiger partial charge in [-0.3, -0.25) is 0 Å². The Labute approximate surface area is 113 Å². The molecule has 0 heterocycles. The van der Waals surface area contributed by atoms with Gasteiger partial charge in [0.05, 0.1) is 0 Å². The van der Waals surface area contributed by atoms with E-state index in [-0.39, 0.29) is 6.61 Å². The third kappa shape index (κ3) is 2.76. The van der Waals surface area contributed by atoms with Crippen LogP contribution in [-0.2, 0) is 16.1 Å². The molecule has 3 heteroatoms. The van der Waals surface area contributed by atoms with E-state index in [1.807, 2.05) is 44.4 Å². The first-order chi connectivity index (χ1) is 9.13. The number of carbonyl (C=O) groups excluding carboxylic acids is 1. The first-order valence-electron chi connectivity index (χ1n) is 6.10. The minimum Gasteiger partial charge on any atom is -0.458 e. The summed E-state index contributed by atoms with van der Waals surface area (Å²) in [5.74, 6) is -0.402. The van der Waals surface area contributed by atoms with E-state index in [9.17, 15) is 4.79 Å². The number of hydrogen-bond donors (Lipinski definition) is 0. The standard InChI is InChI=1S/C16H17NO2/c1-4-16(18)19-11-12-9-10-15(17(2)3)14-8-6-5-7-13(12)14/h4-10H,1,11H2,2-3H3. The van der Waals surface area contributed by atoms with Gasteiger partial charge in [0.25, 0.3) is 0 Å². The highest BCUT2D eigenvalue weighted by molar-refractivity contribution is 5.96. The van der Waals surface area contributed by atoms with E-state index in [1.54, 1.807) is 0 Å². The van der Waals surface area contributed by atoms with E-state index >= 15 is 0 Å². The van der Waals surface area contributed by atoms with Crippen molar-refractivity contribution in [1.82, 2.24) is 0 Å². The zero-order chi connectivity index (χ0) is 13.8. The SMILES string of the molecule is C=CC(=O)OCc1ccc(N(C)C)c2ccccc12.